The first kappa shape index (κ1) is 21.7. The number of methoxy groups -OCH3 is 1. The maximum atomic E-state index is 6.03. The van der Waals surface area contributed by atoms with Crippen LogP contribution in [-0.4, -0.2) is 13.0 Å². The second-order valence-corrected chi connectivity index (χ2v) is 21.4. The summed E-state index contributed by atoms with van der Waals surface area (Å²) in [6.45, 7) is 23.6. The van der Waals surface area contributed by atoms with Crippen molar-refractivity contribution >= 4 is 11.1 Å². The number of rotatable bonds is 4. The topological polar surface area (TPSA) is 9.23 Å². The van der Waals surface area contributed by atoms with Crippen LogP contribution in [0.2, 0.25) is 13.1 Å². The van der Waals surface area contributed by atoms with Crippen LogP contribution >= 0.6 is 0 Å². The number of hydrogen-bond donors (Lipinski definition) is 0. The molecule has 0 radical (unpaired) electrons. The Labute approximate surface area is 170 Å². The molecule has 1 atom stereocenters. The average Bonchev–Trinajstić information content (AvgIpc) is 2.71. The Hall–Kier alpha value is -0.569. The third kappa shape index (κ3) is 3.98. The van der Waals surface area contributed by atoms with Crippen LogP contribution in [0.15, 0.2) is 32.7 Å². The Morgan fingerprint density at radius 2 is 1.58 bits per heavy atom. The van der Waals surface area contributed by atoms with Crippen LogP contribution in [0.4, 0.5) is 0 Å². The summed E-state index contributed by atoms with van der Waals surface area (Å²) >= 11 is -0.195. The first-order chi connectivity index (χ1) is 11.8. The minimum absolute atomic E-state index is 0.0984. The van der Waals surface area contributed by atoms with Crippen molar-refractivity contribution in [2.45, 2.75) is 73.9 Å². The minimum atomic E-state index is -1.58. The van der Waals surface area contributed by atoms with Crippen LogP contribution < -0.4 is 9.92 Å². The van der Waals surface area contributed by atoms with Gasteiger partial charge in [-0.05, 0) is 0 Å². The van der Waals surface area contributed by atoms with Gasteiger partial charge in [0.25, 0.3) is 0 Å². The Kier molecular flexibility index (Phi) is 6.23. The summed E-state index contributed by atoms with van der Waals surface area (Å²) < 4.78 is 7.81. The second-order valence-electron chi connectivity index (χ2n) is 9.46. The van der Waals surface area contributed by atoms with Crippen LogP contribution in [0.3, 0.4) is 0 Å². The molecule has 0 spiro atoms. The molecular formula is C23H36OSiTi. The molecule has 0 heterocycles. The van der Waals surface area contributed by atoms with Gasteiger partial charge in [-0.15, -0.1) is 0 Å². The Morgan fingerprint density at radius 1 is 1.00 bits per heavy atom. The van der Waals surface area contributed by atoms with Gasteiger partial charge in [-0.2, -0.15) is 0 Å². The van der Waals surface area contributed by atoms with E-state index in [1.54, 1.807) is 15.0 Å². The normalized spacial score (nSPS) is 18.7. The van der Waals surface area contributed by atoms with E-state index in [2.05, 4.69) is 80.6 Å². The van der Waals surface area contributed by atoms with Gasteiger partial charge in [0.05, 0.1) is 0 Å². The van der Waals surface area contributed by atoms with Gasteiger partial charge in [0.2, 0.25) is 0 Å². The number of hydrogen-bond acceptors (Lipinski definition) is 1. The van der Waals surface area contributed by atoms with Crippen LogP contribution in [0, 0.1) is 12.8 Å². The van der Waals surface area contributed by atoms with E-state index in [-0.39, 0.29) is 23.8 Å². The van der Waals surface area contributed by atoms with Crippen LogP contribution in [0.1, 0.15) is 59.6 Å². The first-order valence-electron chi connectivity index (χ1n) is 9.67. The van der Waals surface area contributed by atoms with Gasteiger partial charge in [0, 0.05) is 0 Å². The van der Waals surface area contributed by atoms with E-state index in [4.69, 9.17) is 4.74 Å². The number of allylic oxidation sites excluding steroid dienone is 4. The number of benzene rings is 1. The van der Waals surface area contributed by atoms with Gasteiger partial charge in [-0.25, -0.2) is 0 Å². The Balaban J connectivity index is 2.56. The Morgan fingerprint density at radius 3 is 2.00 bits per heavy atom. The van der Waals surface area contributed by atoms with Crippen molar-refractivity contribution in [1.82, 2.24) is 0 Å². The summed E-state index contributed by atoms with van der Waals surface area (Å²) in [6, 6.07) is 4.75. The van der Waals surface area contributed by atoms with Crippen molar-refractivity contribution < 1.29 is 23.1 Å². The summed E-state index contributed by atoms with van der Waals surface area (Å²) in [6.07, 6.45) is 0. The van der Waals surface area contributed by atoms with Crippen LogP contribution in [-0.2, 0) is 23.8 Å². The van der Waals surface area contributed by atoms with E-state index in [0.717, 1.165) is 5.75 Å². The number of ether oxygens (including phenoxy) is 1. The van der Waals surface area contributed by atoms with E-state index in [1.165, 1.54) is 21.9 Å². The molecule has 0 amide bonds. The van der Waals surface area contributed by atoms with Crippen LogP contribution in [0.5, 0.6) is 5.75 Å². The van der Waals surface area contributed by atoms with E-state index < -0.39 is 5.94 Å². The summed E-state index contributed by atoms with van der Waals surface area (Å²) in [7, 11) is 1.85. The molecule has 1 aliphatic carbocycles. The second kappa shape index (κ2) is 7.45. The van der Waals surface area contributed by atoms with Gasteiger partial charge in [-0.3, -0.25) is 0 Å². The van der Waals surface area contributed by atoms with Crippen molar-refractivity contribution in [3.05, 3.63) is 43.9 Å². The molecule has 0 fully saturated rings. The van der Waals surface area contributed by atoms with Crippen molar-refractivity contribution in [1.29, 1.82) is 0 Å². The Bertz CT molecular complexity index is 778. The first-order valence-corrected chi connectivity index (χ1v) is 15.8. The predicted molar refractivity (Wildman–Crippen MR) is 114 cm³/mol. The molecule has 1 aliphatic rings. The van der Waals surface area contributed by atoms with E-state index in [0.29, 0.717) is 5.92 Å². The predicted octanol–water partition coefficient (Wildman–Crippen LogP) is 6.06. The molecule has 0 aromatic heterocycles. The van der Waals surface area contributed by atoms with Gasteiger partial charge in [0.15, 0.2) is 0 Å². The number of aryl methyl sites for hydroxylation is 1. The molecule has 26 heavy (non-hydrogen) atoms. The molecule has 1 unspecified atom stereocenters. The van der Waals surface area contributed by atoms with Gasteiger partial charge in [0.1, 0.15) is 0 Å². The summed E-state index contributed by atoms with van der Waals surface area (Å²) in [5.41, 5.74) is 7.52. The van der Waals surface area contributed by atoms with E-state index >= 15 is 0 Å². The summed E-state index contributed by atoms with van der Waals surface area (Å²) in [5.74, 6) is 0.221. The fraction of sp³-hybridized carbons (Fsp3) is 0.565. The zero-order valence-electron chi connectivity index (χ0n) is 18.6. The van der Waals surface area contributed by atoms with Crippen molar-refractivity contribution in [2.75, 3.05) is 7.11 Å². The fourth-order valence-electron chi connectivity index (χ4n) is 3.98. The molecule has 0 saturated carbocycles. The zero-order chi connectivity index (χ0) is 20.0. The third-order valence-electron chi connectivity index (χ3n) is 6.01. The molecule has 0 N–H and O–H groups in total. The molecule has 2 rings (SSSR count). The van der Waals surface area contributed by atoms with Crippen molar-refractivity contribution in [3.63, 3.8) is 0 Å². The molecule has 1 aromatic rings. The quantitative estimate of drug-likeness (QED) is 0.555. The van der Waals surface area contributed by atoms with Crippen LogP contribution in [0.25, 0.3) is 0 Å². The SMILES string of the molecule is COc1c(C(C)(C)C)cc(C)cc1[Si](C)(C)[Ti][C]1=C(C)C(C)=C(C)C1C. The molecule has 3 heteroatoms. The van der Waals surface area contributed by atoms with Gasteiger partial charge >= 0.3 is 171 Å². The maximum absolute atomic E-state index is 6.03. The standard InChI is InChI=1S/C14H23OSi.C9H13.Ti/c1-10-8-11(14(2,3)4)13(15-5)12(9-10)16(6)7;1-6-5-7(2)9(4)8(6)3;/h8-9H,1-7H3;6H,1-4H3;. The average molecular weight is 404 g/mol. The monoisotopic (exact) mass is 404 g/mol. The van der Waals surface area contributed by atoms with Gasteiger partial charge < -0.3 is 0 Å². The molecule has 142 valence electrons. The third-order valence-corrected chi connectivity index (χ3v) is 15.3. The summed E-state index contributed by atoms with van der Waals surface area (Å²) in [4.78, 5) is 0. The fourth-order valence-corrected chi connectivity index (χ4v) is 13.8. The van der Waals surface area contributed by atoms with Crippen molar-refractivity contribution in [2.24, 2.45) is 5.92 Å². The molecule has 0 bridgehead atoms. The molecule has 1 nitrogen and oxygen atoms in total. The van der Waals surface area contributed by atoms with E-state index in [1.807, 2.05) is 7.11 Å². The van der Waals surface area contributed by atoms with Crippen molar-refractivity contribution in [3.8, 4) is 5.75 Å². The molecular weight excluding hydrogens is 368 g/mol. The molecule has 0 saturated heterocycles. The molecule has 0 aliphatic heterocycles. The molecule has 1 aromatic carbocycles. The summed E-state index contributed by atoms with van der Waals surface area (Å²) in [5, 5.41) is 1.53. The van der Waals surface area contributed by atoms with E-state index in [9.17, 15) is 0 Å². The van der Waals surface area contributed by atoms with Gasteiger partial charge in [-0.1, -0.05) is 0 Å². The zero-order valence-corrected chi connectivity index (χ0v) is 21.2.